The summed E-state index contributed by atoms with van der Waals surface area (Å²) in [6.45, 7) is 17.7. The molecule has 0 spiro atoms. The molecule has 4 aliphatic rings. The smallest absolute Gasteiger partial charge is 0.333 e. The highest BCUT2D eigenvalue weighted by Gasteiger charge is 2.83. The molecule has 1 N–H and O–H groups in total. The molecule has 0 amide bonds. The first kappa shape index (κ1) is 31.4. The van der Waals surface area contributed by atoms with Gasteiger partial charge in [0.05, 0.1) is 12.0 Å². The van der Waals surface area contributed by atoms with Crippen molar-refractivity contribution >= 4 is 23.7 Å². The summed E-state index contributed by atoms with van der Waals surface area (Å²) in [5, 5.41) is 11.7. The monoisotopic (exact) mass is 574 g/mol. The van der Waals surface area contributed by atoms with E-state index in [1.165, 1.54) is 6.92 Å². The maximum absolute atomic E-state index is 14.1. The van der Waals surface area contributed by atoms with E-state index in [0.717, 1.165) is 0 Å². The number of carbonyl (C=O) groups excluding carboxylic acids is 4. The van der Waals surface area contributed by atoms with Crippen LogP contribution in [0.2, 0.25) is 0 Å². The van der Waals surface area contributed by atoms with Gasteiger partial charge in [0.15, 0.2) is 23.1 Å². The topological polar surface area (TPSA) is 129 Å². The predicted molar refractivity (Wildman–Crippen MR) is 149 cm³/mol. The number of allylic oxidation sites excluding steroid dienone is 1. The molecular formula is C32H46O9. The van der Waals surface area contributed by atoms with Crippen molar-refractivity contribution in [1.29, 1.82) is 0 Å². The fraction of sp³-hybridized carbons (Fsp3) is 0.750. The number of aliphatic hydroxyl groups excluding tert-OH is 1. The third-order valence-electron chi connectivity index (χ3n) is 10.3. The quantitative estimate of drug-likeness (QED) is 0.164. The number of hydrogen-bond donors (Lipinski definition) is 1. The molecule has 0 radical (unpaired) electrons. The lowest BCUT2D eigenvalue weighted by Gasteiger charge is -2.31. The molecule has 1 aliphatic heterocycles. The van der Waals surface area contributed by atoms with Gasteiger partial charge in [0.25, 0.3) is 0 Å². The maximum Gasteiger partial charge on any atom is 0.333 e. The predicted octanol–water partition coefficient (Wildman–Crippen LogP) is 4.10. The lowest BCUT2D eigenvalue weighted by Crippen LogP contribution is -2.42. The lowest BCUT2D eigenvalue weighted by atomic mass is 9.80. The van der Waals surface area contributed by atoms with E-state index in [4.69, 9.17) is 18.9 Å². The Morgan fingerprint density at radius 2 is 1.78 bits per heavy atom. The van der Waals surface area contributed by atoms with Crippen molar-refractivity contribution in [3.8, 4) is 0 Å². The largest absolute Gasteiger partial charge is 0.459 e. The van der Waals surface area contributed by atoms with Gasteiger partial charge in [-0.2, -0.15) is 0 Å². The summed E-state index contributed by atoms with van der Waals surface area (Å²) in [4.78, 5) is 52.7. The highest BCUT2D eigenvalue weighted by atomic mass is 16.7. The van der Waals surface area contributed by atoms with Crippen LogP contribution >= 0.6 is 0 Å². The second kappa shape index (κ2) is 10.6. The number of Topliss-reactive ketones (excluding diaryl/α,β-unsaturated/α-hetero) is 1. The van der Waals surface area contributed by atoms with Crippen LogP contribution in [-0.2, 0) is 38.1 Å². The molecule has 41 heavy (non-hydrogen) atoms. The Morgan fingerprint density at radius 1 is 1.15 bits per heavy atom. The van der Waals surface area contributed by atoms with Crippen molar-refractivity contribution in [3.63, 3.8) is 0 Å². The van der Waals surface area contributed by atoms with E-state index in [-0.39, 0.29) is 11.7 Å². The summed E-state index contributed by atoms with van der Waals surface area (Å²) in [5.41, 5.74) is -2.16. The molecule has 1 heterocycles. The molecule has 11 atom stereocenters. The minimum atomic E-state index is -1.29. The third kappa shape index (κ3) is 4.86. The van der Waals surface area contributed by atoms with Gasteiger partial charge < -0.3 is 24.1 Å². The van der Waals surface area contributed by atoms with Crippen LogP contribution in [0, 0.1) is 35.0 Å². The summed E-state index contributed by atoms with van der Waals surface area (Å²) >= 11 is 0. The molecule has 1 saturated heterocycles. The first-order valence-corrected chi connectivity index (χ1v) is 14.8. The zero-order valence-corrected chi connectivity index (χ0v) is 26.0. The molecule has 0 aromatic heterocycles. The Hall–Kier alpha value is -2.52. The van der Waals surface area contributed by atoms with E-state index >= 15 is 0 Å². The second-order valence-corrected chi connectivity index (χ2v) is 13.3. The summed E-state index contributed by atoms with van der Waals surface area (Å²) in [7, 11) is 0. The summed E-state index contributed by atoms with van der Waals surface area (Å²) in [6.07, 6.45) is 0.500. The number of ether oxygens (including phenoxy) is 4. The van der Waals surface area contributed by atoms with E-state index < -0.39 is 82.6 Å². The van der Waals surface area contributed by atoms with Gasteiger partial charge in [-0.1, -0.05) is 47.6 Å². The maximum atomic E-state index is 14.1. The van der Waals surface area contributed by atoms with Crippen LogP contribution in [0.3, 0.4) is 0 Å². The molecule has 3 aliphatic carbocycles. The van der Waals surface area contributed by atoms with Gasteiger partial charge in [0.1, 0.15) is 12.2 Å². The van der Waals surface area contributed by atoms with E-state index in [1.54, 1.807) is 46.8 Å². The molecule has 1 unspecified atom stereocenters. The van der Waals surface area contributed by atoms with Gasteiger partial charge in [-0.3, -0.25) is 14.4 Å². The zero-order chi connectivity index (χ0) is 30.8. The number of rotatable bonds is 6. The zero-order valence-electron chi connectivity index (χ0n) is 26.0. The van der Waals surface area contributed by atoms with Gasteiger partial charge in [0.2, 0.25) is 0 Å². The van der Waals surface area contributed by atoms with Crippen LogP contribution in [0.1, 0.15) is 82.1 Å². The van der Waals surface area contributed by atoms with Crippen molar-refractivity contribution in [3.05, 3.63) is 23.3 Å². The van der Waals surface area contributed by atoms with Crippen LogP contribution in [0.5, 0.6) is 0 Å². The number of ketones is 1. The second-order valence-electron chi connectivity index (χ2n) is 13.3. The molecular weight excluding hydrogens is 528 g/mol. The minimum Gasteiger partial charge on any atom is -0.459 e. The molecule has 3 fully saturated rings. The molecule has 9 nitrogen and oxygen atoms in total. The fourth-order valence-corrected chi connectivity index (χ4v) is 7.43. The molecule has 9 heteroatoms. The average Bonchev–Trinajstić information content (AvgIpc) is 3.71. The van der Waals surface area contributed by atoms with Crippen LogP contribution in [0.15, 0.2) is 23.3 Å². The Balaban J connectivity index is 1.92. The van der Waals surface area contributed by atoms with Crippen LogP contribution in [-0.4, -0.2) is 64.4 Å². The Labute approximate surface area is 243 Å². The highest BCUT2D eigenvalue weighted by molar-refractivity contribution is 5.96. The van der Waals surface area contributed by atoms with Gasteiger partial charge in [-0.15, -0.1) is 0 Å². The van der Waals surface area contributed by atoms with Crippen LogP contribution < -0.4 is 0 Å². The van der Waals surface area contributed by atoms with Crippen LogP contribution in [0.25, 0.3) is 0 Å². The summed E-state index contributed by atoms with van der Waals surface area (Å²) in [6, 6.07) is 0. The highest BCUT2D eigenvalue weighted by Crippen LogP contribution is 2.68. The van der Waals surface area contributed by atoms with E-state index in [1.807, 2.05) is 27.7 Å². The Morgan fingerprint density at radius 3 is 2.34 bits per heavy atom. The first-order chi connectivity index (χ1) is 19.0. The number of carbonyl (C=O) groups is 4. The lowest BCUT2D eigenvalue weighted by molar-refractivity contribution is -0.168. The first-order valence-electron chi connectivity index (χ1n) is 14.8. The average molecular weight is 575 g/mol. The number of epoxide rings is 1. The normalized spacial score (nSPS) is 43.1. The van der Waals surface area contributed by atoms with Gasteiger partial charge >= 0.3 is 17.9 Å². The van der Waals surface area contributed by atoms with Crippen molar-refractivity contribution in [2.24, 2.45) is 35.0 Å². The van der Waals surface area contributed by atoms with Crippen molar-refractivity contribution in [2.75, 3.05) is 0 Å². The molecule has 228 valence electrons. The number of aliphatic hydroxyl groups is 1. The van der Waals surface area contributed by atoms with Gasteiger partial charge in [0, 0.05) is 24.3 Å². The molecule has 0 aromatic carbocycles. The standard InChI is InChI=1S/C32H46O9/c1-11-15(3)28(36)39-24-17(5)13-32-27(38-20(8)33)18(6)14-31(32,41-32)26(35)19(7)23(34)21-22(30(21,9)10)25(24)40-29(37)16(4)12-2/h12-13,15,18-19,21-25,27,34H,11,14H2,1-10H3/b16-12+,17-13+/t15?,18-,19+,21-,22+,23-,24+,25-,27-,31-,32-/m0/s1. The molecule has 4 rings (SSSR count). The summed E-state index contributed by atoms with van der Waals surface area (Å²) in [5.74, 6) is -3.94. The van der Waals surface area contributed by atoms with E-state index in [9.17, 15) is 24.3 Å². The Bertz CT molecular complexity index is 1180. The Kier molecular flexibility index (Phi) is 8.15. The van der Waals surface area contributed by atoms with Crippen molar-refractivity contribution in [1.82, 2.24) is 0 Å². The summed E-state index contributed by atoms with van der Waals surface area (Å²) < 4.78 is 24.3. The van der Waals surface area contributed by atoms with Gasteiger partial charge in [-0.05, 0) is 62.5 Å². The molecule has 2 saturated carbocycles. The number of fused-ring (bicyclic) bond motifs is 1. The molecule has 0 bridgehead atoms. The molecule has 0 aromatic rings. The van der Waals surface area contributed by atoms with E-state index in [0.29, 0.717) is 24.0 Å². The van der Waals surface area contributed by atoms with Gasteiger partial charge in [-0.25, -0.2) is 4.79 Å². The van der Waals surface area contributed by atoms with Crippen molar-refractivity contribution < 1.29 is 43.2 Å². The fourth-order valence-electron chi connectivity index (χ4n) is 7.43. The van der Waals surface area contributed by atoms with Crippen molar-refractivity contribution in [2.45, 2.75) is 118 Å². The SMILES string of the molecule is C/C=C(\C)C(=O)O[C@H]1[C@H]2[C@@H]([C@@H](O)[C@@H](C)C(=O)[C@@]34C[C@H](C)[C@H](OC(C)=O)[C@]3(/C=C(\C)[C@H]1OC(=O)C(C)CC)O4)C2(C)C. The minimum absolute atomic E-state index is 0.204. The number of esters is 3. The third-order valence-corrected chi connectivity index (χ3v) is 10.3. The number of hydrogen-bond acceptors (Lipinski definition) is 9. The van der Waals surface area contributed by atoms with E-state index in [2.05, 4.69) is 0 Å². The van der Waals surface area contributed by atoms with Crippen LogP contribution in [0.4, 0.5) is 0 Å².